The SMILES string of the molecule is O=C(O)C(COc1ccccc1)(Oc1ccccc1)C(=O)O.O=C(Oc1ccccc1)c1ccccc1. The van der Waals surface area contributed by atoms with Crippen LogP contribution in [0.15, 0.2) is 121 Å². The Morgan fingerprint density at radius 3 is 1.43 bits per heavy atom. The molecule has 0 radical (unpaired) electrons. The molecule has 4 aromatic rings. The van der Waals surface area contributed by atoms with Crippen molar-refractivity contribution in [2.45, 2.75) is 5.60 Å². The number of ether oxygens (including phenoxy) is 3. The molecule has 2 N–H and O–H groups in total. The number of carboxylic acids is 2. The van der Waals surface area contributed by atoms with Gasteiger partial charge in [0.1, 0.15) is 17.2 Å². The average Bonchev–Trinajstić information content (AvgIpc) is 2.93. The number of para-hydroxylation sites is 3. The van der Waals surface area contributed by atoms with Crippen LogP contribution in [-0.4, -0.2) is 40.3 Å². The van der Waals surface area contributed by atoms with Gasteiger partial charge in [-0.3, -0.25) is 0 Å². The van der Waals surface area contributed by atoms with Crippen LogP contribution in [0.25, 0.3) is 0 Å². The van der Waals surface area contributed by atoms with Gasteiger partial charge in [0.2, 0.25) is 0 Å². The summed E-state index contributed by atoms with van der Waals surface area (Å²) >= 11 is 0. The van der Waals surface area contributed by atoms with E-state index in [0.29, 0.717) is 17.1 Å². The van der Waals surface area contributed by atoms with Crippen molar-refractivity contribution in [1.29, 1.82) is 0 Å². The molecule has 8 heteroatoms. The van der Waals surface area contributed by atoms with Gasteiger partial charge >= 0.3 is 23.5 Å². The van der Waals surface area contributed by atoms with E-state index in [1.54, 1.807) is 72.8 Å². The van der Waals surface area contributed by atoms with Crippen molar-refractivity contribution in [3.05, 3.63) is 127 Å². The van der Waals surface area contributed by atoms with E-state index in [9.17, 15) is 24.6 Å². The van der Waals surface area contributed by atoms with Crippen LogP contribution in [-0.2, 0) is 9.59 Å². The van der Waals surface area contributed by atoms with Crippen LogP contribution < -0.4 is 14.2 Å². The van der Waals surface area contributed by atoms with Crippen molar-refractivity contribution in [3.8, 4) is 17.2 Å². The molecule has 0 aliphatic heterocycles. The molecular formula is C29H24O8. The highest BCUT2D eigenvalue weighted by atomic mass is 16.6. The molecule has 0 aliphatic rings. The third kappa shape index (κ3) is 7.69. The van der Waals surface area contributed by atoms with Gasteiger partial charge in [-0.25, -0.2) is 14.4 Å². The Bertz CT molecular complexity index is 1260. The Morgan fingerprint density at radius 2 is 0.973 bits per heavy atom. The lowest BCUT2D eigenvalue weighted by Gasteiger charge is -2.26. The number of carbonyl (C=O) groups excluding carboxylic acids is 1. The Kier molecular flexibility index (Phi) is 9.38. The number of benzene rings is 4. The lowest BCUT2D eigenvalue weighted by molar-refractivity contribution is -0.175. The first-order valence-corrected chi connectivity index (χ1v) is 11.1. The van der Waals surface area contributed by atoms with Gasteiger partial charge in [-0.05, 0) is 48.5 Å². The molecule has 4 rings (SSSR count). The van der Waals surface area contributed by atoms with Crippen LogP contribution in [0.3, 0.4) is 0 Å². The summed E-state index contributed by atoms with van der Waals surface area (Å²) in [5.74, 6) is -2.57. The Labute approximate surface area is 213 Å². The van der Waals surface area contributed by atoms with Crippen LogP contribution in [0.4, 0.5) is 0 Å². The van der Waals surface area contributed by atoms with E-state index in [1.807, 2.05) is 36.4 Å². The van der Waals surface area contributed by atoms with E-state index in [2.05, 4.69) is 0 Å². The molecule has 0 saturated heterocycles. The summed E-state index contributed by atoms with van der Waals surface area (Å²) in [4.78, 5) is 34.6. The number of hydrogen-bond donors (Lipinski definition) is 2. The van der Waals surface area contributed by atoms with Crippen molar-refractivity contribution in [2.24, 2.45) is 0 Å². The summed E-state index contributed by atoms with van der Waals surface area (Å²) < 4.78 is 15.7. The number of carbonyl (C=O) groups is 3. The molecule has 8 nitrogen and oxygen atoms in total. The molecule has 0 bridgehead atoms. The predicted molar refractivity (Wildman–Crippen MR) is 135 cm³/mol. The molecule has 0 saturated carbocycles. The molecule has 0 aliphatic carbocycles. The fourth-order valence-corrected chi connectivity index (χ4v) is 2.95. The highest BCUT2D eigenvalue weighted by molar-refractivity contribution is 6.02. The van der Waals surface area contributed by atoms with Gasteiger partial charge in [0.15, 0.2) is 6.61 Å². The van der Waals surface area contributed by atoms with Crippen molar-refractivity contribution < 1.29 is 38.8 Å². The van der Waals surface area contributed by atoms with Crippen LogP contribution in [0.5, 0.6) is 17.2 Å². The highest BCUT2D eigenvalue weighted by Gasteiger charge is 2.51. The zero-order chi connectivity index (χ0) is 26.5. The first kappa shape index (κ1) is 26.5. The molecule has 0 fully saturated rings. The molecule has 37 heavy (non-hydrogen) atoms. The second-order valence-electron chi connectivity index (χ2n) is 7.52. The number of esters is 1. The number of carboxylic acid groups (broad SMARTS) is 2. The zero-order valence-corrected chi connectivity index (χ0v) is 19.6. The largest absolute Gasteiger partial charge is 0.488 e. The molecular weight excluding hydrogens is 476 g/mol. The van der Waals surface area contributed by atoms with E-state index < -0.39 is 24.1 Å². The molecule has 0 heterocycles. The van der Waals surface area contributed by atoms with E-state index in [4.69, 9.17) is 14.2 Å². The van der Waals surface area contributed by atoms with Gasteiger partial charge in [0.25, 0.3) is 0 Å². The average molecular weight is 501 g/mol. The van der Waals surface area contributed by atoms with Crippen LogP contribution in [0, 0.1) is 0 Å². The minimum absolute atomic E-state index is 0.129. The highest BCUT2D eigenvalue weighted by Crippen LogP contribution is 2.21. The summed E-state index contributed by atoms with van der Waals surface area (Å²) in [5, 5.41) is 18.7. The van der Waals surface area contributed by atoms with Crippen molar-refractivity contribution >= 4 is 17.9 Å². The summed E-state index contributed by atoms with van der Waals surface area (Å²) in [6.45, 7) is -0.670. The van der Waals surface area contributed by atoms with Gasteiger partial charge in [-0.15, -0.1) is 0 Å². The third-order valence-electron chi connectivity index (χ3n) is 4.87. The van der Waals surface area contributed by atoms with Gasteiger partial charge in [0.05, 0.1) is 5.56 Å². The maximum absolute atomic E-state index is 11.6. The van der Waals surface area contributed by atoms with Gasteiger partial charge in [-0.2, -0.15) is 0 Å². The van der Waals surface area contributed by atoms with Crippen LogP contribution in [0.1, 0.15) is 10.4 Å². The van der Waals surface area contributed by atoms with Gasteiger partial charge < -0.3 is 24.4 Å². The maximum atomic E-state index is 11.6. The van der Waals surface area contributed by atoms with Crippen LogP contribution in [0.2, 0.25) is 0 Å². The van der Waals surface area contributed by atoms with Gasteiger partial charge in [0, 0.05) is 0 Å². The zero-order valence-electron chi connectivity index (χ0n) is 19.6. The normalized spacial score (nSPS) is 10.3. The van der Waals surface area contributed by atoms with E-state index in [0.717, 1.165) is 0 Å². The topological polar surface area (TPSA) is 119 Å². The second kappa shape index (κ2) is 13.1. The number of aliphatic carboxylic acids is 2. The molecule has 4 aromatic carbocycles. The Hall–Kier alpha value is -5.11. The molecule has 188 valence electrons. The number of rotatable bonds is 9. The van der Waals surface area contributed by atoms with Crippen LogP contribution >= 0.6 is 0 Å². The second-order valence-corrected chi connectivity index (χ2v) is 7.52. The van der Waals surface area contributed by atoms with Gasteiger partial charge in [-0.1, -0.05) is 72.8 Å². The fraction of sp³-hybridized carbons (Fsp3) is 0.0690. The van der Waals surface area contributed by atoms with E-state index >= 15 is 0 Å². The quantitative estimate of drug-likeness (QED) is 0.188. The van der Waals surface area contributed by atoms with Crippen molar-refractivity contribution in [1.82, 2.24) is 0 Å². The monoisotopic (exact) mass is 500 g/mol. The summed E-state index contributed by atoms with van der Waals surface area (Å²) in [6.07, 6.45) is 0. The lowest BCUT2D eigenvalue weighted by atomic mass is 10.1. The standard InChI is InChI=1S/C16H14O6.C13H10O2/c17-14(18)16(15(19)20,22-13-9-5-2-6-10-13)11-21-12-7-3-1-4-8-12;14-13(11-7-3-1-4-8-11)15-12-9-5-2-6-10-12/h1-10H,11H2,(H,17,18)(H,19,20);1-10H. The van der Waals surface area contributed by atoms with E-state index in [-0.39, 0.29) is 11.7 Å². The first-order chi connectivity index (χ1) is 17.9. The molecule has 0 amide bonds. The molecule has 0 unspecified atom stereocenters. The lowest BCUT2D eigenvalue weighted by Crippen LogP contribution is -2.56. The van der Waals surface area contributed by atoms with Crippen molar-refractivity contribution in [2.75, 3.05) is 6.61 Å². The fourth-order valence-electron chi connectivity index (χ4n) is 2.95. The Balaban J connectivity index is 0.000000220. The summed E-state index contributed by atoms with van der Waals surface area (Å²) in [6, 6.07) is 34.2. The number of hydrogen-bond acceptors (Lipinski definition) is 6. The first-order valence-electron chi connectivity index (χ1n) is 11.1. The smallest absolute Gasteiger partial charge is 0.363 e. The van der Waals surface area contributed by atoms with E-state index in [1.165, 1.54) is 12.1 Å². The minimum atomic E-state index is -2.53. The molecule has 0 spiro atoms. The minimum Gasteiger partial charge on any atom is -0.488 e. The van der Waals surface area contributed by atoms with Crippen molar-refractivity contribution in [3.63, 3.8) is 0 Å². The molecule has 0 atom stereocenters. The third-order valence-corrected chi connectivity index (χ3v) is 4.87. The Morgan fingerprint density at radius 1 is 0.568 bits per heavy atom. The molecule has 0 aromatic heterocycles. The predicted octanol–water partition coefficient (Wildman–Crippen LogP) is 4.96. The maximum Gasteiger partial charge on any atom is 0.363 e. The summed E-state index contributed by atoms with van der Waals surface area (Å²) in [5.41, 5.74) is -1.97. The summed E-state index contributed by atoms with van der Waals surface area (Å²) in [7, 11) is 0.